The van der Waals surface area contributed by atoms with Gasteiger partial charge in [-0.25, -0.2) is 0 Å². The molecule has 0 aromatic heterocycles. The predicted molar refractivity (Wildman–Crippen MR) is 103 cm³/mol. The zero-order chi connectivity index (χ0) is 18.4. The summed E-state index contributed by atoms with van der Waals surface area (Å²) in [6.07, 6.45) is 3.34. The number of benzene rings is 1. The van der Waals surface area contributed by atoms with E-state index >= 15 is 0 Å². The van der Waals surface area contributed by atoms with Gasteiger partial charge < -0.3 is 24.6 Å². The number of carbonyl (C=O) groups is 1. The Morgan fingerprint density at radius 2 is 1.88 bits per heavy atom. The molecule has 2 saturated heterocycles. The zero-order valence-corrected chi connectivity index (χ0v) is 15.9. The van der Waals surface area contributed by atoms with Crippen LogP contribution in [0, 0.1) is 5.92 Å². The summed E-state index contributed by atoms with van der Waals surface area (Å²) in [5.41, 5.74) is 0.834. The van der Waals surface area contributed by atoms with Crippen LogP contribution in [0.2, 0.25) is 0 Å². The van der Waals surface area contributed by atoms with Gasteiger partial charge in [0.15, 0.2) is 0 Å². The molecule has 2 heterocycles. The van der Waals surface area contributed by atoms with E-state index < -0.39 is 0 Å². The molecule has 0 saturated carbocycles. The van der Waals surface area contributed by atoms with Gasteiger partial charge in [-0.15, -0.1) is 0 Å². The molecule has 0 aliphatic carbocycles. The highest BCUT2D eigenvalue weighted by Gasteiger charge is 2.28. The van der Waals surface area contributed by atoms with Crippen molar-refractivity contribution in [3.05, 3.63) is 24.3 Å². The fourth-order valence-corrected chi connectivity index (χ4v) is 3.63. The Morgan fingerprint density at radius 3 is 2.58 bits per heavy atom. The maximum absolute atomic E-state index is 12.5. The molecule has 1 unspecified atom stereocenters. The summed E-state index contributed by atoms with van der Waals surface area (Å²) in [6.45, 7) is 5.55. The largest absolute Gasteiger partial charge is 0.490 e. The molecule has 3 rings (SSSR count). The Labute approximate surface area is 156 Å². The van der Waals surface area contributed by atoms with Crippen molar-refractivity contribution in [2.24, 2.45) is 5.92 Å². The molecule has 6 heteroatoms. The van der Waals surface area contributed by atoms with E-state index in [4.69, 9.17) is 9.47 Å². The molecule has 0 radical (unpaired) electrons. The van der Waals surface area contributed by atoms with E-state index in [1.807, 2.05) is 24.3 Å². The third kappa shape index (κ3) is 5.43. The number of amides is 1. The molecular weight excluding hydrogens is 330 g/mol. The van der Waals surface area contributed by atoms with Crippen LogP contribution in [-0.4, -0.2) is 75.3 Å². The Morgan fingerprint density at radius 1 is 1.15 bits per heavy atom. The number of rotatable bonds is 7. The number of nitrogens with one attached hydrogen (secondary N) is 1. The molecule has 2 aliphatic heterocycles. The Kier molecular flexibility index (Phi) is 6.88. The van der Waals surface area contributed by atoms with Crippen molar-refractivity contribution >= 4 is 11.6 Å². The Bertz CT molecular complexity index is 570. The van der Waals surface area contributed by atoms with Gasteiger partial charge in [-0.2, -0.15) is 0 Å². The van der Waals surface area contributed by atoms with E-state index in [0.29, 0.717) is 12.7 Å². The number of piperidine rings is 1. The van der Waals surface area contributed by atoms with E-state index in [-0.39, 0.29) is 11.8 Å². The van der Waals surface area contributed by atoms with Crippen LogP contribution in [0.1, 0.15) is 19.3 Å². The number of hydrogen-bond acceptors (Lipinski definition) is 5. The van der Waals surface area contributed by atoms with Crippen LogP contribution in [0.4, 0.5) is 5.69 Å². The van der Waals surface area contributed by atoms with Crippen LogP contribution >= 0.6 is 0 Å². The molecule has 1 amide bonds. The van der Waals surface area contributed by atoms with Gasteiger partial charge in [0, 0.05) is 39.0 Å². The smallest absolute Gasteiger partial charge is 0.228 e. The zero-order valence-electron chi connectivity index (χ0n) is 15.9. The molecule has 2 aliphatic rings. The monoisotopic (exact) mass is 361 g/mol. The first kappa shape index (κ1) is 19.1. The van der Waals surface area contributed by atoms with Crippen LogP contribution in [-0.2, 0) is 9.53 Å². The molecule has 1 aromatic carbocycles. The first-order chi connectivity index (χ1) is 12.6. The number of carbonyl (C=O) groups excluding carboxylic acids is 1. The summed E-state index contributed by atoms with van der Waals surface area (Å²) in [6, 6.07) is 7.76. The summed E-state index contributed by atoms with van der Waals surface area (Å²) in [4.78, 5) is 17.1. The van der Waals surface area contributed by atoms with Gasteiger partial charge in [0.25, 0.3) is 0 Å². The lowest BCUT2D eigenvalue weighted by atomic mass is 10.1. The van der Waals surface area contributed by atoms with Crippen molar-refractivity contribution in [3.63, 3.8) is 0 Å². The third-order valence-electron chi connectivity index (χ3n) is 5.34. The summed E-state index contributed by atoms with van der Waals surface area (Å²) >= 11 is 0. The summed E-state index contributed by atoms with van der Waals surface area (Å²) in [7, 11) is 3.86. The first-order valence-electron chi connectivity index (χ1n) is 9.61. The number of anilines is 1. The van der Waals surface area contributed by atoms with Crippen molar-refractivity contribution in [1.82, 2.24) is 9.80 Å². The van der Waals surface area contributed by atoms with Crippen molar-refractivity contribution in [3.8, 4) is 5.75 Å². The second kappa shape index (κ2) is 9.35. The lowest BCUT2D eigenvalue weighted by Crippen LogP contribution is -2.35. The van der Waals surface area contributed by atoms with Gasteiger partial charge in [-0.3, -0.25) is 4.79 Å². The normalized spacial score (nSPS) is 22.5. The average molecular weight is 361 g/mol. The fraction of sp³-hybridized carbons (Fsp3) is 0.650. The van der Waals surface area contributed by atoms with Gasteiger partial charge in [-0.1, -0.05) is 0 Å². The molecule has 1 atom stereocenters. The summed E-state index contributed by atoms with van der Waals surface area (Å²) < 4.78 is 11.2. The second-order valence-electron chi connectivity index (χ2n) is 7.41. The third-order valence-corrected chi connectivity index (χ3v) is 5.34. The molecule has 1 aromatic rings. The highest BCUT2D eigenvalue weighted by molar-refractivity contribution is 5.92. The standard InChI is InChI=1S/C20H31N3O3/c1-22-10-8-19(9-11-22)26-18-5-3-17(4-6-18)21-20(24)16-7-12-23(15-16)13-14-25-2/h3-6,16,19H,7-15H2,1-2H3,(H,21,24). The van der Waals surface area contributed by atoms with Crippen molar-refractivity contribution < 1.29 is 14.3 Å². The van der Waals surface area contributed by atoms with Crippen LogP contribution < -0.4 is 10.1 Å². The summed E-state index contributed by atoms with van der Waals surface area (Å²) in [5.74, 6) is 1.04. The Hall–Kier alpha value is -1.63. The van der Waals surface area contributed by atoms with E-state index in [9.17, 15) is 4.79 Å². The van der Waals surface area contributed by atoms with Gasteiger partial charge >= 0.3 is 0 Å². The van der Waals surface area contributed by atoms with E-state index in [0.717, 1.165) is 63.4 Å². The lowest BCUT2D eigenvalue weighted by molar-refractivity contribution is -0.119. The van der Waals surface area contributed by atoms with Gasteiger partial charge in [0.2, 0.25) is 5.91 Å². The van der Waals surface area contributed by atoms with Gasteiger partial charge in [-0.05, 0) is 57.1 Å². The Balaban J connectivity index is 1.44. The minimum atomic E-state index is 0.0574. The topological polar surface area (TPSA) is 54.0 Å². The molecular formula is C20H31N3O3. The number of methoxy groups -OCH3 is 1. The lowest BCUT2D eigenvalue weighted by Gasteiger charge is -2.29. The SMILES string of the molecule is COCCN1CCC(C(=O)Nc2ccc(OC3CCN(C)CC3)cc2)C1. The molecule has 0 bridgehead atoms. The van der Waals surface area contributed by atoms with E-state index in [1.54, 1.807) is 7.11 Å². The average Bonchev–Trinajstić information content (AvgIpc) is 3.13. The van der Waals surface area contributed by atoms with E-state index in [1.165, 1.54) is 0 Å². The van der Waals surface area contributed by atoms with Gasteiger partial charge in [0.05, 0.1) is 12.5 Å². The quantitative estimate of drug-likeness (QED) is 0.806. The van der Waals surface area contributed by atoms with E-state index in [2.05, 4.69) is 22.2 Å². The number of hydrogen-bond donors (Lipinski definition) is 1. The van der Waals surface area contributed by atoms with Crippen LogP contribution in [0.3, 0.4) is 0 Å². The molecule has 144 valence electrons. The number of ether oxygens (including phenoxy) is 2. The molecule has 26 heavy (non-hydrogen) atoms. The predicted octanol–water partition coefficient (Wildman–Crippen LogP) is 2.07. The molecule has 6 nitrogen and oxygen atoms in total. The highest BCUT2D eigenvalue weighted by atomic mass is 16.5. The summed E-state index contributed by atoms with van der Waals surface area (Å²) in [5, 5.41) is 3.04. The van der Waals surface area contributed by atoms with Crippen molar-refractivity contribution in [1.29, 1.82) is 0 Å². The van der Waals surface area contributed by atoms with Gasteiger partial charge in [0.1, 0.15) is 11.9 Å². The number of likely N-dealkylation sites (tertiary alicyclic amines) is 2. The van der Waals surface area contributed by atoms with Crippen molar-refractivity contribution in [2.75, 3.05) is 58.8 Å². The van der Waals surface area contributed by atoms with Crippen LogP contribution in [0.25, 0.3) is 0 Å². The minimum absolute atomic E-state index is 0.0574. The van der Waals surface area contributed by atoms with Crippen LogP contribution in [0.5, 0.6) is 5.75 Å². The maximum atomic E-state index is 12.5. The molecule has 1 N–H and O–H groups in total. The molecule has 2 fully saturated rings. The molecule has 0 spiro atoms. The minimum Gasteiger partial charge on any atom is -0.490 e. The fourth-order valence-electron chi connectivity index (χ4n) is 3.63. The first-order valence-corrected chi connectivity index (χ1v) is 9.61. The highest BCUT2D eigenvalue weighted by Crippen LogP contribution is 2.22. The van der Waals surface area contributed by atoms with Crippen molar-refractivity contribution in [2.45, 2.75) is 25.4 Å². The van der Waals surface area contributed by atoms with Crippen LogP contribution in [0.15, 0.2) is 24.3 Å². The maximum Gasteiger partial charge on any atom is 0.228 e. The number of nitrogens with zero attached hydrogens (tertiary/aromatic N) is 2. The second-order valence-corrected chi connectivity index (χ2v) is 7.41.